The third-order valence-corrected chi connectivity index (χ3v) is 3.06. The summed E-state index contributed by atoms with van der Waals surface area (Å²) in [5.41, 5.74) is 1.00. The Morgan fingerprint density at radius 1 is 1.47 bits per heavy atom. The molecule has 1 saturated heterocycles. The van der Waals surface area contributed by atoms with Crippen LogP contribution < -0.4 is 5.32 Å². The van der Waals surface area contributed by atoms with Crippen LogP contribution in [0.3, 0.4) is 0 Å². The number of nitrogens with one attached hydrogen (secondary N) is 1. The van der Waals surface area contributed by atoms with E-state index >= 15 is 0 Å². The number of aromatic nitrogens is 2. The zero-order valence-electron chi connectivity index (χ0n) is 10.2. The lowest BCUT2D eigenvalue weighted by Gasteiger charge is -2.16. The van der Waals surface area contributed by atoms with Crippen molar-refractivity contribution in [3.8, 4) is 0 Å². The molecule has 0 bridgehead atoms. The van der Waals surface area contributed by atoms with Gasteiger partial charge in [0.05, 0.1) is 18.7 Å². The van der Waals surface area contributed by atoms with Crippen LogP contribution >= 0.6 is 0 Å². The average Bonchev–Trinajstić information content (AvgIpc) is 2.80. The smallest absolute Gasteiger partial charge is 0.246 e. The molecule has 1 aromatic heterocycles. The first-order chi connectivity index (χ1) is 7.99. The molecule has 2 amide bonds. The highest BCUT2D eigenvalue weighted by atomic mass is 16.2. The van der Waals surface area contributed by atoms with Crippen molar-refractivity contribution < 1.29 is 9.59 Å². The molecule has 1 aromatic rings. The Morgan fingerprint density at radius 3 is 2.65 bits per heavy atom. The van der Waals surface area contributed by atoms with Crippen molar-refractivity contribution in [3.05, 3.63) is 18.0 Å². The van der Waals surface area contributed by atoms with Crippen LogP contribution in [0.15, 0.2) is 12.4 Å². The number of carbonyl (C=O) groups is 2. The summed E-state index contributed by atoms with van der Waals surface area (Å²) >= 11 is 0. The van der Waals surface area contributed by atoms with Gasteiger partial charge in [0.25, 0.3) is 0 Å². The predicted molar refractivity (Wildman–Crippen MR) is 60.9 cm³/mol. The van der Waals surface area contributed by atoms with Gasteiger partial charge in [-0.2, -0.15) is 5.10 Å². The van der Waals surface area contributed by atoms with Crippen molar-refractivity contribution in [2.45, 2.75) is 25.4 Å². The number of hydrogen-bond acceptors (Lipinski definition) is 4. The van der Waals surface area contributed by atoms with Gasteiger partial charge in [0.2, 0.25) is 11.8 Å². The molecule has 2 atom stereocenters. The van der Waals surface area contributed by atoms with Crippen molar-refractivity contribution in [1.82, 2.24) is 20.0 Å². The van der Waals surface area contributed by atoms with Crippen molar-refractivity contribution in [2.24, 2.45) is 7.05 Å². The summed E-state index contributed by atoms with van der Waals surface area (Å²) in [6.45, 7) is 1.95. The number of nitrogens with zero attached hydrogens (tertiary/aromatic N) is 3. The molecule has 2 unspecified atom stereocenters. The molecule has 6 heteroatoms. The van der Waals surface area contributed by atoms with E-state index < -0.39 is 6.04 Å². The summed E-state index contributed by atoms with van der Waals surface area (Å²) in [5, 5.41) is 7.23. The molecule has 0 aromatic carbocycles. The second-order valence-electron chi connectivity index (χ2n) is 4.38. The maximum absolute atomic E-state index is 11.7. The normalized spacial score (nSPS) is 22.3. The second-order valence-corrected chi connectivity index (χ2v) is 4.38. The van der Waals surface area contributed by atoms with E-state index in [-0.39, 0.29) is 24.3 Å². The Hall–Kier alpha value is -1.69. The fraction of sp³-hybridized carbons (Fsp3) is 0.545. The monoisotopic (exact) mass is 236 g/mol. The molecule has 0 saturated carbocycles. The summed E-state index contributed by atoms with van der Waals surface area (Å²) in [6.07, 6.45) is 3.88. The van der Waals surface area contributed by atoms with E-state index in [4.69, 9.17) is 0 Å². The first kappa shape index (κ1) is 11.8. The summed E-state index contributed by atoms with van der Waals surface area (Å²) in [6, 6.07) is -0.417. The Kier molecular flexibility index (Phi) is 2.97. The molecule has 6 nitrogen and oxygen atoms in total. The van der Waals surface area contributed by atoms with E-state index in [9.17, 15) is 9.59 Å². The fourth-order valence-corrected chi connectivity index (χ4v) is 1.95. The molecule has 17 heavy (non-hydrogen) atoms. The SMILES string of the molecule is CC(NC1CC(=O)N(C)C1=O)c1cnn(C)c1. The molecule has 1 N–H and O–H groups in total. The van der Waals surface area contributed by atoms with Gasteiger partial charge in [-0.05, 0) is 6.92 Å². The molecular formula is C11H16N4O2. The van der Waals surface area contributed by atoms with E-state index in [1.54, 1.807) is 10.9 Å². The lowest BCUT2D eigenvalue weighted by Crippen LogP contribution is -2.38. The van der Waals surface area contributed by atoms with E-state index in [2.05, 4.69) is 10.4 Å². The van der Waals surface area contributed by atoms with Crippen molar-refractivity contribution in [2.75, 3.05) is 7.05 Å². The van der Waals surface area contributed by atoms with Gasteiger partial charge in [-0.3, -0.25) is 24.5 Å². The van der Waals surface area contributed by atoms with Gasteiger partial charge in [-0.15, -0.1) is 0 Å². The van der Waals surface area contributed by atoms with Gasteiger partial charge in [0.1, 0.15) is 0 Å². The quantitative estimate of drug-likeness (QED) is 0.740. The van der Waals surface area contributed by atoms with E-state index in [0.717, 1.165) is 5.56 Å². The zero-order valence-corrected chi connectivity index (χ0v) is 10.2. The van der Waals surface area contributed by atoms with Gasteiger partial charge in [0, 0.05) is 31.9 Å². The Bertz CT molecular complexity index is 454. The van der Waals surface area contributed by atoms with Crippen LogP contribution in [0.1, 0.15) is 24.9 Å². The average molecular weight is 236 g/mol. The van der Waals surface area contributed by atoms with Gasteiger partial charge in [-0.25, -0.2) is 0 Å². The lowest BCUT2D eigenvalue weighted by atomic mass is 10.1. The number of hydrogen-bond donors (Lipinski definition) is 1. The highest BCUT2D eigenvalue weighted by Crippen LogP contribution is 2.17. The summed E-state index contributed by atoms with van der Waals surface area (Å²) in [5.74, 6) is -0.295. The van der Waals surface area contributed by atoms with E-state index in [1.807, 2.05) is 20.2 Å². The standard InChI is InChI=1S/C11H16N4O2/c1-7(8-5-12-14(2)6-8)13-9-4-10(16)15(3)11(9)17/h5-7,9,13H,4H2,1-3H3. The Balaban J connectivity index is 2.02. The third-order valence-electron chi connectivity index (χ3n) is 3.06. The molecule has 92 valence electrons. The van der Waals surface area contributed by atoms with Crippen LogP contribution in [0.5, 0.6) is 0 Å². The van der Waals surface area contributed by atoms with Crippen LogP contribution in [-0.2, 0) is 16.6 Å². The number of likely N-dealkylation sites (tertiary alicyclic amines) is 1. The van der Waals surface area contributed by atoms with E-state index in [0.29, 0.717) is 0 Å². The second kappa shape index (κ2) is 4.29. The van der Waals surface area contributed by atoms with Gasteiger partial charge < -0.3 is 0 Å². The van der Waals surface area contributed by atoms with Crippen molar-refractivity contribution in [3.63, 3.8) is 0 Å². The minimum absolute atomic E-state index is 0.00282. The van der Waals surface area contributed by atoms with Gasteiger partial charge in [0.15, 0.2) is 0 Å². The number of likely N-dealkylation sites (N-methyl/N-ethyl adjacent to an activating group) is 1. The lowest BCUT2D eigenvalue weighted by molar-refractivity contribution is -0.137. The van der Waals surface area contributed by atoms with Crippen LogP contribution in [-0.4, -0.2) is 39.6 Å². The number of amides is 2. The van der Waals surface area contributed by atoms with Crippen molar-refractivity contribution >= 4 is 11.8 Å². The Morgan fingerprint density at radius 2 is 2.18 bits per heavy atom. The molecule has 0 spiro atoms. The molecule has 0 aliphatic carbocycles. The number of aryl methyl sites for hydroxylation is 1. The number of rotatable bonds is 3. The zero-order chi connectivity index (χ0) is 12.6. The molecule has 1 aliphatic heterocycles. The highest BCUT2D eigenvalue weighted by Gasteiger charge is 2.36. The van der Waals surface area contributed by atoms with Crippen LogP contribution in [0.25, 0.3) is 0 Å². The molecule has 2 rings (SSSR count). The molecule has 1 fully saturated rings. The van der Waals surface area contributed by atoms with Crippen molar-refractivity contribution in [1.29, 1.82) is 0 Å². The van der Waals surface area contributed by atoms with Gasteiger partial charge >= 0.3 is 0 Å². The topological polar surface area (TPSA) is 67.2 Å². The predicted octanol–water partition coefficient (Wildman–Crippen LogP) is -0.172. The fourth-order valence-electron chi connectivity index (χ4n) is 1.95. The third kappa shape index (κ3) is 2.21. The maximum Gasteiger partial charge on any atom is 0.246 e. The number of carbonyl (C=O) groups excluding carboxylic acids is 2. The minimum atomic E-state index is -0.414. The molecular weight excluding hydrogens is 220 g/mol. The number of imide groups is 1. The first-order valence-electron chi connectivity index (χ1n) is 5.54. The minimum Gasteiger partial charge on any atom is -0.299 e. The molecule has 1 aliphatic rings. The largest absolute Gasteiger partial charge is 0.299 e. The Labute approximate surface area is 99.6 Å². The molecule has 2 heterocycles. The van der Waals surface area contributed by atoms with Crippen LogP contribution in [0.2, 0.25) is 0 Å². The molecule has 0 radical (unpaired) electrons. The van der Waals surface area contributed by atoms with Crippen LogP contribution in [0.4, 0.5) is 0 Å². The summed E-state index contributed by atoms with van der Waals surface area (Å²) < 4.78 is 1.71. The maximum atomic E-state index is 11.7. The van der Waals surface area contributed by atoms with Gasteiger partial charge in [-0.1, -0.05) is 0 Å². The summed E-state index contributed by atoms with van der Waals surface area (Å²) in [4.78, 5) is 24.2. The first-order valence-corrected chi connectivity index (χ1v) is 5.54. The van der Waals surface area contributed by atoms with Crippen LogP contribution in [0, 0.1) is 0 Å². The summed E-state index contributed by atoms with van der Waals surface area (Å²) in [7, 11) is 3.36. The van der Waals surface area contributed by atoms with E-state index in [1.165, 1.54) is 11.9 Å². The highest BCUT2D eigenvalue weighted by molar-refractivity contribution is 6.05.